The molecule has 0 spiro atoms. The molecule has 2 heterocycles. The van der Waals surface area contributed by atoms with Crippen LogP contribution in [0.4, 0.5) is 5.69 Å². The topological polar surface area (TPSA) is 57.3 Å². The van der Waals surface area contributed by atoms with Gasteiger partial charge in [0.05, 0.1) is 6.04 Å². The van der Waals surface area contributed by atoms with Gasteiger partial charge in [0.25, 0.3) is 0 Å². The number of carbonyl (C=O) groups excluding carboxylic acids is 1. The summed E-state index contributed by atoms with van der Waals surface area (Å²) in [4.78, 5) is 18.8. The van der Waals surface area contributed by atoms with Crippen LogP contribution < -0.4 is 10.6 Å². The summed E-state index contributed by atoms with van der Waals surface area (Å²) in [5, 5.41) is 8.41. The first-order valence-electron chi connectivity index (χ1n) is 7.34. The Kier molecular flexibility index (Phi) is 4.13. The van der Waals surface area contributed by atoms with E-state index in [2.05, 4.69) is 20.5 Å². The summed E-state index contributed by atoms with van der Waals surface area (Å²) in [6.45, 7) is 5.67. The molecule has 2 aromatic rings. The maximum atomic E-state index is 12.5. The minimum Gasteiger partial charge on any atom is -0.324 e. The second kappa shape index (κ2) is 6.20. The normalized spacial score (nSPS) is 17.6. The van der Waals surface area contributed by atoms with Crippen molar-refractivity contribution in [1.82, 2.24) is 15.2 Å². The van der Waals surface area contributed by atoms with E-state index in [9.17, 15) is 4.79 Å². The highest BCUT2D eigenvalue weighted by molar-refractivity contribution is 6.03. The summed E-state index contributed by atoms with van der Waals surface area (Å²) in [6.07, 6.45) is 3.56. The summed E-state index contributed by atoms with van der Waals surface area (Å²) < 4.78 is 0. The maximum absolute atomic E-state index is 12.5. The third-order valence-electron chi connectivity index (χ3n) is 4.02. The van der Waals surface area contributed by atoms with Gasteiger partial charge in [-0.2, -0.15) is 0 Å². The number of aromatic nitrogens is 1. The van der Waals surface area contributed by atoms with Gasteiger partial charge in [0, 0.05) is 55.0 Å². The van der Waals surface area contributed by atoms with Gasteiger partial charge in [-0.1, -0.05) is 12.1 Å². The van der Waals surface area contributed by atoms with Gasteiger partial charge < -0.3 is 10.6 Å². The van der Waals surface area contributed by atoms with Gasteiger partial charge in [-0.25, -0.2) is 0 Å². The van der Waals surface area contributed by atoms with E-state index in [0.29, 0.717) is 0 Å². The minimum absolute atomic E-state index is 0.0428. The highest BCUT2D eigenvalue weighted by Crippen LogP contribution is 2.22. The van der Waals surface area contributed by atoms with Gasteiger partial charge in [-0.05, 0) is 19.1 Å². The van der Waals surface area contributed by atoms with Crippen LogP contribution in [0.2, 0.25) is 0 Å². The van der Waals surface area contributed by atoms with Crippen molar-refractivity contribution in [2.75, 3.05) is 31.5 Å². The van der Waals surface area contributed by atoms with Crippen LogP contribution in [0.15, 0.2) is 36.7 Å². The second-order valence-corrected chi connectivity index (χ2v) is 5.35. The standard InChI is InChI=1S/C16H20N4O/c1-12(20-9-7-17-8-10-20)16(21)19-15-4-2-3-13-11-18-6-5-14(13)15/h2-6,11-12,17H,7-10H2,1H3,(H,19,21). The molecule has 1 aliphatic rings. The number of benzene rings is 1. The Labute approximate surface area is 124 Å². The Bertz CT molecular complexity index is 632. The largest absolute Gasteiger partial charge is 0.324 e. The summed E-state index contributed by atoms with van der Waals surface area (Å²) in [7, 11) is 0. The fourth-order valence-corrected chi connectivity index (χ4v) is 2.70. The zero-order chi connectivity index (χ0) is 14.7. The van der Waals surface area contributed by atoms with Crippen molar-refractivity contribution in [2.45, 2.75) is 13.0 Å². The molecule has 1 amide bonds. The number of anilines is 1. The van der Waals surface area contributed by atoms with E-state index in [1.165, 1.54) is 0 Å². The van der Waals surface area contributed by atoms with E-state index in [4.69, 9.17) is 0 Å². The quantitative estimate of drug-likeness (QED) is 0.896. The van der Waals surface area contributed by atoms with E-state index in [1.54, 1.807) is 6.20 Å². The zero-order valence-electron chi connectivity index (χ0n) is 12.2. The second-order valence-electron chi connectivity index (χ2n) is 5.35. The van der Waals surface area contributed by atoms with Crippen molar-refractivity contribution in [2.24, 2.45) is 0 Å². The number of hydrogen-bond acceptors (Lipinski definition) is 4. The molecule has 3 rings (SSSR count). The van der Waals surface area contributed by atoms with Crippen molar-refractivity contribution in [3.05, 3.63) is 36.7 Å². The van der Waals surface area contributed by atoms with Crippen LogP contribution in [0.25, 0.3) is 10.8 Å². The van der Waals surface area contributed by atoms with E-state index >= 15 is 0 Å². The molecule has 1 aromatic heterocycles. The highest BCUT2D eigenvalue weighted by atomic mass is 16.2. The Morgan fingerprint density at radius 3 is 2.95 bits per heavy atom. The lowest BCUT2D eigenvalue weighted by atomic mass is 10.1. The van der Waals surface area contributed by atoms with Crippen LogP contribution >= 0.6 is 0 Å². The third kappa shape index (κ3) is 3.04. The van der Waals surface area contributed by atoms with Gasteiger partial charge in [0.15, 0.2) is 0 Å². The average Bonchev–Trinajstić information content (AvgIpc) is 2.55. The summed E-state index contributed by atoms with van der Waals surface area (Å²) in [5.74, 6) is 0.0428. The molecule has 110 valence electrons. The lowest BCUT2D eigenvalue weighted by Crippen LogP contribution is -2.51. The molecule has 0 aliphatic carbocycles. The van der Waals surface area contributed by atoms with Crippen molar-refractivity contribution < 1.29 is 4.79 Å². The summed E-state index contributed by atoms with van der Waals surface area (Å²) in [5.41, 5.74) is 0.849. The molecule has 1 saturated heterocycles. The molecule has 0 radical (unpaired) electrons. The van der Waals surface area contributed by atoms with E-state index in [0.717, 1.165) is 42.6 Å². The molecule has 1 fully saturated rings. The van der Waals surface area contributed by atoms with Gasteiger partial charge in [0.2, 0.25) is 5.91 Å². The Morgan fingerprint density at radius 1 is 1.33 bits per heavy atom. The maximum Gasteiger partial charge on any atom is 0.241 e. The number of pyridine rings is 1. The van der Waals surface area contributed by atoms with E-state index < -0.39 is 0 Å². The lowest BCUT2D eigenvalue weighted by Gasteiger charge is -2.31. The van der Waals surface area contributed by atoms with Crippen LogP contribution in [0, 0.1) is 0 Å². The monoisotopic (exact) mass is 284 g/mol. The number of carbonyl (C=O) groups is 1. The fourth-order valence-electron chi connectivity index (χ4n) is 2.70. The molecule has 21 heavy (non-hydrogen) atoms. The molecule has 1 unspecified atom stereocenters. The van der Waals surface area contributed by atoms with Gasteiger partial charge in [-0.3, -0.25) is 14.7 Å². The van der Waals surface area contributed by atoms with Crippen molar-refractivity contribution >= 4 is 22.4 Å². The minimum atomic E-state index is -0.121. The predicted octanol–water partition coefficient (Wildman–Crippen LogP) is 1.47. The van der Waals surface area contributed by atoms with Gasteiger partial charge in [-0.15, -0.1) is 0 Å². The van der Waals surface area contributed by atoms with Crippen molar-refractivity contribution in [3.63, 3.8) is 0 Å². The van der Waals surface area contributed by atoms with Crippen LogP contribution in [-0.4, -0.2) is 48.0 Å². The number of nitrogens with one attached hydrogen (secondary N) is 2. The van der Waals surface area contributed by atoms with E-state index in [-0.39, 0.29) is 11.9 Å². The first kappa shape index (κ1) is 14.0. The first-order chi connectivity index (χ1) is 10.3. The Hall–Kier alpha value is -1.98. The van der Waals surface area contributed by atoms with Crippen molar-refractivity contribution in [3.8, 4) is 0 Å². The molecule has 1 aromatic carbocycles. The number of amides is 1. The zero-order valence-corrected chi connectivity index (χ0v) is 12.2. The lowest BCUT2D eigenvalue weighted by molar-refractivity contribution is -0.120. The number of piperazine rings is 1. The van der Waals surface area contributed by atoms with Crippen LogP contribution in [-0.2, 0) is 4.79 Å². The molecule has 0 saturated carbocycles. The third-order valence-corrected chi connectivity index (χ3v) is 4.02. The van der Waals surface area contributed by atoms with Gasteiger partial charge in [0.1, 0.15) is 0 Å². The number of hydrogen-bond donors (Lipinski definition) is 2. The molecular weight excluding hydrogens is 264 g/mol. The van der Waals surface area contributed by atoms with Crippen LogP contribution in [0.1, 0.15) is 6.92 Å². The smallest absolute Gasteiger partial charge is 0.241 e. The molecule has 5 nitrogen and oxygen atoms in total. The average molecular weight is 284 g/mol. The number of nitrogens with zero attached hydrogens (tertiary/aromatic N) is 2. The summed E-state index contributed by atoms with van der Waals surface area (Å²) >= 11 is 0. The Balaban J connectivity index is 1.76. The predicted molar refractivity (Wildman–Crippen MR) is 84.3 cm³/mol. The fraction of sp³-hybridized carbons (Fsp3) is 0.375. The first-order valence-corrected chi connectivity index (χ1v) is 7.34. The Morgan fingerprint density at radius 2 is 2.14 bits per heavy atom. The SMILES string of the molecule is CC(C(=O)Nc1cccc2cnccc12)N1CCNCC1. The molecule has 0 bridgehead atoms. The summed E-state index contributed by atoms with van der Waals surface area (Å²) in [6, 6.07) is 7.68. The van der Waals surface area contributed by atoms with Crippen molar-refractivity contribution in [1.29, 1.82) is 0 Å². The highest BCUT2D eigenvalue weighted by Gasteiger charge is 2.22. The molecule has 5 heteroatoms. The molecular formula is C16H20N4O. The van der Waals surface area contributed by atoms with E-state index in [1.807, 2.05) is 37.4 Å². The molecule has 2 N–H and O–H groups in total. The van der Waals surface area contributed by atoms with Crippen LogP contribution in [0.5, 0.6) is 0 Å². The number of rotatable bonds is 3. The molecule has 1 aliphatic heterocycles. The van der Waals surface area contributed by atoms with Gasteiger partial charge >= 0.3 is 0 Å². The van der Waals surface area contributed by atoms with Crippen LogP contribution in [0.3, 0.4) is 0 Å². The number of fused-ring (bicyclic) bond motifs is 1. The molecule has 1 atom stereocenters.